The molecular formula is C17H16N2O5. The van der Waals surface area contributed by atoms with Crippen LogP contribution in [0.5, 0.6) is 5.75 Å². The largest absolute Gasteiger partial charge is 0.478 e. The first-order chi connectivity index (χ1) is 11.6. The maximum Gasteiger partial charge on any atom is 0.269 e. The molecule has 0 fully saturated rings. The summed E-state index contributed by atoms with van der Waals surface area (Å²) in [6, 6.07) is 13.3. The second-order valence-corrected chi connectivity index (χ2v) is 5.43. The number of benzene rings is 2. The van der Waals surface area contributed by atoms with Crippen molar-refractivity contribution in [3.05, 3.63) is 64.2 Å². The number of non-ortho nitro benzene ring substituents is 1. The number of ether oxygens (including phenoxy) is 1. The SMILES string of the molecule is O=C1C(CCO)Oc2ccccc2N1Cc1ccc([N+](=O)[O-])cc1. The molecule has 24 heavy (non-hydrogen) atoms. The molecule has 0 aliphatic carbocycles. The average molecular weight is 328 g/mol. The van der Waals surface area contributed by atoms with Gasteiger partial charge in [-0.3, -0.25) is 14.9 Å². The molecule has 7 heteroatoms. The minimum Gasteiger partial charge on any atom is -0.478 e. The first-order valence-corrected chi connectivity index (χ1v) is 7.51. The van der Waals surface area contributed by atoms with Gasteiger partial charge in [0.25, 0.3) is 11.6 Å². The van der Waals surface area contributed by atoms with Crippen molar-refractivity contribution in [3.8, 4) is 5.75 Å². The van der Waals surface area contributed by atoms with Crippen LogP contribution in [0.3, 0.4) is 0 Å². The molecular weight excluding hydrogens is 312 g/mol. The number of aliphatic hydroxyl groups excluding tert-OH is 1. The Hall–Kier alpha value is -2.93. The number of amides is 1. The third-order valence-corrected chi connectivity index (χ3v) is 3.85. The number of para-hydroxylation sites is 2. The van der Waals surface area contributed by atoms with Crippen molar-refractivity contribution in [2.45, 2.75) is 19.1 Å². The maximum absolute atomic E-state index is 12.6. The number of aliphatic hydroxyl groups is 1. The Morgan fingerprint density at radius 2 is 1.88 bits per heavy atom. The first-order valence-electron chi connectivity index (χ1n) is 7.51. The number of nitro benzene ring substituents is 1. The van der Waals surface area contributed by atoms with E-state index in [0.717, 1.165) is 5.56 Å². The molecule has 3 rings (SSSR count). The van der Waals surface area contributed by atoms with E-state index in [-0.39, 0.29) is 31.2 Å². The molecule has 1 N–H and O–H groups in total. The Kier molecular flexibility index (Phi) is 4.43. The predicted molar refractivity (Wildman–Crippen MR) is 86.8 cm³/mol. The highest BCUT2D eigenvalue weighted by atomic mass is 16.6. The van der Waals surface area contributed by atoms with Gasteiger partial charge >= 0.3 is 0 Å². The standard InChI is InChI=1S/C17H16N2O5/c20-10-9-16-17(21)18(14-3-1-2-4-15(14)24-16)11-12-5-7-13(8-6-12)19(22)23/h1-8,16,20H,9-11H2. The maximum atomic E-state index is 12.6. The minimum absolute atomic E-state index is 0.00520. The third kappa shape index (κ3) is 3.07. The molecule has 0 radical (unpaired) electrons. The molecule has 0 spiro atoms. The van der Waals surface area contributed by atoms with Crippen molar-refractivity contribution in [3.63, 3.8) is 0 Å². The number of fused-ring (bicyclic) bond motifs is 1. The summed E-state index contributed by atoms with van der Waals surface area (Å²) < 4.78 is 5.66. The Bertz CT molecular complexity index is 760. The number of anilines is 1. The number of carbonyl (C=O) groups excluding carboxylic acids is 1. The lowest BCUT2D eigenvalue weighted by Gasteiger charge is -2.34. The molecule has 1 heterocycles. The number of rotatable bonds is 5. The van der Waals surface area contributed by atoms with E-state index in [9.17, 15) is 14.9 Å². The fraction of sp³-hybridized carbons (Fsp3) is 0.235. The smallest absolute Gasteiger partial charge is 0.269 e. The predicted octanol–water partition coefficient (Wildman–Crippen LogP) is 2.27. The van der Waals surface area contributed by atoms with Crippen molar-refractivity contribution in [1.82, 2.24) is 0 Å². The highest BCUT2D eigenvalue weighted by Crippen LogP contribution is 2.35. The van der Waals surface area contributed by atoms with Gasteiger partial charge in [0.2, 0.25) is 0 Å². The summed E-state index contributed by atoms with van der Waals surface area (Å²) in [5.41, 5.74) is 1.43. The van der Waals surface area contributed by atoms with Crippen molar-refractivity contribution < 1.29 is 19.6 Å². The van der Waals surface area contributed by atoms with Gasteiger partial charge < -0.3 is 14.7 Å². The zero-order chi connectivity index (χ0) is 17.1. The summed E-state index contributed by atoms with van der Waals surface area (Å²) in [7, 11) is 0. The lowest BCUT2D eigenvalue weighted by atomic mass is 10.1. The van der Waals surface area contributed by atoms with E-state index in [1.54, 1.807) is 29.2 Å². The Morgan fingerprint density at radius 1 is 1.17 bits per heavy atom. The Morgan fingerprint density at radius 3 is 2.54 bits per heavy atom. The highest BCUT2D eigenvalue weighted by Gasteiger charge is 2.33. The Balaban J connectivity index is 1.89. The summed E-state index contributed by atoms with van der Waals surface area (Å²) in [5, 5.41) is 19.9. The normalized spacial score (nSPS) is 16.5. The number of nitro groups is 1. The second kappa shape index (κ2) is 6.67. The fourth-order valence-corrected chi connectivity index (χ4v) is 2.64. The zero-order valence-electron chi connectivity index (χ0n) is 12.8. The fourth-order valence-electron chi connectivity index (χ4n) is 2.64. The van der Waals surface area contributed by atoms with E-state index < -0.39 is 11.0 Å². The molecule has 0 bridgehead atoms. The molecule has 0 saturated heterocycles. The highest BCUT2D eigenvalue weighted by molar-refractivity contribution is 5.99. The van der Waals surface area contributed by atoms with Crippen LogP contribution in [0.25, 0.3) is 0 Å². The van der Waals surface area contributed by atoms with Gasteiger partial charge in [-0.25, -0.2) is 0 Å². The number of carbonyl (C=O) groups is 1. The van der Waals surface area contributed by atoms with Crippen LogP contribution in [0.4, 0.5) is 11.4 Å². The van der Waals surface area contributed by atoms with Gasteiger partial charge in [-0.15, -0.1) is 0 Å². The second-order valence-electron chi connectivity index (χ2n) is 5.43. The molecule has 7 nitrogen and oxygen atoms in total. The van der Waals surface area contributed by atoms with Gasteiger partial charge in [-0.1, -0.05) is 24.3 Å². The van der Waals surface area contributed by atoms with Crippen molar-refractivity contribution in [2.75, 3.05) is 11.5 Å². The van der Waals surface area contributed by atoms with E-state index in [4.69, 9.17) is 9.84 Å². The van der Waals surface area contributed by atoms with Crippen LogP contribution in [0.15, 0.2) is 48.5 Å². The summed E-state index contributed by atoms with van der Waals surface area (Å²) in [6.45, 7) is 0.128. The first kappa shape index (κ1) is 15.9. The van der Waals surface area contributed by atoms with Gasteiger partial charge in [0.15, 0.2) is 6.10 Å². The summed E-state index contributed by atoms with van der Waals surface area (Å²) in [5.74, 6) is 0.346. The van der Waals surface area contributed by atoms with E-state index in [2.05, 4.69) is 0 Å². The number of hydrogen-bond donors (Lipinski definition) is 1. The molecule has 124 valence electrons. The molecule has 1 atom stereocenters. The van der Waals surface area contributed by atoms with Gasteiger partial charge in [0.1, 0.15) is 5.75 Å². The van der Waals surface area contributed by atoms with Gasteiger partial charge in [-0.05, 0) is 17.7 Å². The van der Waals surface area contributed by atoms with E-state index >= 15 is 0 Å². The summed E-state index contributed by atoms with van der Waals surface area (Å²) >= 11 is 0. The average Bonchev–Trinajstić information content (AvgIpc) is 2.59. The lowest BCUT2D eigenvalue weighted by molar-refractivity contribution is -0.384. The van der Waals surface area contributed by atoms with Crippen LogP contribution >= 0.6 is 0 Å². The molecule has 2 aromatic rings. The molecule has 0 saturated carbocycles. The molecule has 2 aromatic carbocycles. The monoisotopic (exact) mass is 328 g/mol. The Labute approximate surface area is 138 Å². The lowest BCUT2D eigenvalue weighted by Crippen LogP contribution is -2.45. The van der Waals surface area contributed by atoms with Crippen LogP contribution in [0, 0.1) is 10.1 Å². The topological polar surface area (TPSA) is 92.9 Å². The van der Waals surface area contributed by atoms with Crippen molar-refractivity contribution in [2.24, 2.45) is 0 Å². The van der Waals surface area contributed by atoms with E-state index in [1.807, 2.05) is 12.1 Å². The van der Waals surface area contributed by atoms with Crippen LogP contribution in [0.2, 0.25) is 0 Å². The third-order valence-electron chi connectivity index (χ3n) is 3.85. The zero-order valence-corrected chi connectivity index (χ0v) is 12.8. The van der Waals surface area contributed by atoms with Crippen LogP contribution in [-0.4, -0.2) is 28.6 Å². The molecule has 1 aliphatic rings. The van der Waals surface area contributed by atoms with Gasteiger partial charge in [-0.2, -0.15) is 0 Å². The molecule has 1 aliphatic heterocycles. The number of hydrogen-bond acceptors (Lipinski definition) is 5. The molecule has 1 amide bonds. The van der Waals surface area contributed by atoms with Gasteiger partial charge in [0, 0.05) is 25.2 Å². The van der Waals surface area contributed by atoms with Crippen LogP contribution in [0.1, 0.15) is 12.0 Å². The van der Waals surface area contributed by atoms with Crippen LogP contribution < -0.4 is 9.64 Å². The van der Waals surface area contributed by atoms with Crippen molar-refractivity contribution >= 4 is 17.3 Å². The number of nitrogens with zero attached hydrogens (tertiary/aromatic N) is 2. The molecule has 1 unspecified atom stereocenters. The van der Waals surface area contributed by atoms with E-state index in [1.165, 1.54) is 12.1 Å². The van der Waals surface area contributed by atoms with Gasteiger partial charge in [0.05, 0.1) is 17.2 Å². The summed E-state index contributed by atoms with van der Waals surface area (Å²) in [6.07, 6.45) is -0.521. The quantitative estimate of drug-likeness (QED) is 0.671. The van der Waals surface area contributed by atoms with Crippen LogP contribution in [-0.2, 0) is 11.3 Å². The van der Waals surface area contributed by atoms with Crippen molar-refractivity contribution in [1.29, 1.82) is 0 Å². The van der Waals surface area contributed by atoms with E-state index in [0.29, 0.717) is 11.4 Å². The summed E-state index contributed by atoms with van der Waals surface area (Å²) in [4.78, 5) is 24.5. The minimum atomic E-state index is -0.733. The molecule has 0 aromatic heterocycles.